The lowest BCUT2D eigenvalue weighted by atomic mass is 10.2. The smallest absolute Gasteiger partial charge is 0.128 e. The molecule has 14 heavy (non-hydrogen) atoms. The number of aromatic nitrogens is 1. The minimum atomic E-state index is 0.470. The second kappa shape index (κ2) is 5.17. The molecular weight excluding hydrogens is 198 g/mol. The van der Waals surface area contributed by atoms with Crippen LogP contribution in [-0.4, -0.2) is 25.1 Å². The summed E-state index contributed by atoms with van der Waals surface area (Å²) in [7, 11) is 2.00. The highest BCUT2D eigenvalue weighted by Gasteiger charge is 2.06. The van der Waals surface area contributed by atoms with Crippen LogP contribution in [0.25, 0.3) is 0 Å². The summed E-state index contributed by atoms with van der Waals surface area (Å²) in [6.07, 6.45) is 1.65. The van der Waals surface area contributed by atoms with Gasteiger partial charge in [-0.15, -0.1) is 0 Å². The average molecular weight is 214 g/mol. The zero-order valence-corrected chi connectivity index (χ0v) is 9.33. The minimum absolute atomic E-state index is 0.470. The summed E-state index contributed by atoms with van der Waals surface area (Å²) in [5.74, 6) is 1.40. The van der Waals surface area contributed by atoms with Crippen molar-refractivity contribution in [1.82, 2.24) is 4.98 Å². The topological polar surface area (TPSA) is 42.1 Å². The van der Waals surface area contributed by atoms with E-state index in [2.05, 4.69) is 16.8 Å². The fourth-order valence-corrected chi connectivity index (χ4v) is 1.34. The molecule has 0 aliphatic carbocycles. The molecule has 0 aromatic carbocycles. The first-order valence-electron chi connectivity index (χ1n) is 4.66. The number of hydrogen-bond donors (Lipinski definition) is 1. The summed E-state index contributed by atoms with van der Waals surface area (Å²) in [6.45, 7) is 3.72. The Kier molecular flexibility index (Phi) is 4.17. The van der Waals surface area contributed by atoms with Crippen molar-refractivity contribution in [3.05, 3.63) is 23.4 Å². The number of halogens is 1. The predicted molar refractivity (Wildman–Crippen MR) is 60.7 cm³/mol. The Hall–Kier alpha value is -0.800. The van der Waals surface area contributed by atoms with Gasteiger partial charge >= 0.3 is 0 Å². The van der Waals surface area contributed by atoms with Crippen molar-refractivity contribution in [2.75, 3.05) is 25.0 Å². The first kappa shape index (κ1) is 11.3. The lowest BCUT2D eigenvalue weighted by Crippen LogP contribution is -2.28. The Labute approximate surface area is 89.9 Å². The van der Waals surface area contributed by atoms with Crippen LogP contribution in [0.2, 0.25) is 5.02 Å². The summed E-state index contributed by atoms with van der Waals surface area (Å²) in [5.41, 5.74) is 5.55. The number of anilines is 1. The van der Waals surface area contributed by atoms with Crippen molar-refractivity contribution in [2.45, 2.75) is 6.92 Å². The number of nitrogens with zero attached hydrogens (tertiary/aromatic N) is 2. The lowest BCUT2D eigenvalue weighted by molar-refractivity contribution is 0.587. The van der Waals surface area contributed by atoms with Crippen LogP contribution in [0.4, 0.5) is 5.82 Å². The van der Waals surface area contributed by atoms with E-state index in [0.717, 1.165) is 12.4 Å². The Bertz CT molecular complexity index is 273. The molecule has 1 aromatic heterocycles. The van der Waals surface area contributed by atoms with E-state index in [0.29, 0.717) is 17.5 Å². The van der Waals surface area contributed by atoms with Crippen molar-refractivity contribution in [2.24, 2.45) is 11.7 Å². The lowest BCUT2D eigenvalue weighted by Gasteiger charge is -2.21. The van der Waals surface area contributed by atoms with Crippen LogP contribution in [0.15, 0.2) is 18.3 Å². The molecule has 0 bridgehead atoms. The molecule has 4 heteroatoms. The molecule has 1 heterocycles. The van der Waals surface area contributed by atoms with Gasteiger partial charge in [0.25, 0.3) is 0 Å². The Morgan fingerprint density at radius 3 is 2.79 bits per heavy atom. The zero-order chi connectivity index (χ0) is 10.6. The molecule has 0 radical (unpaired) electrons. The summed E-state index contributed by atoms with van der Waals surface area (Å²) < 4.78 is 0. The average Bonchev–Trinajstić information content (AvgIpc) is 2.18. The van der Waals surface area contributed by atoms with E-state index < -0.39 is 0 Å². The third-order valence-corrected chi connectivity index (χ3v) is 2.31. The van der Waals surface area contributed by atoms with Crippen molar-refractivity contribution in [3.63, 3.8) is 0 Å². The maximum Gasteiger partial charge on any atom is 0.128 e. The number of rotatable bonds is 4. The molecule has 78 valence electrons. The maximum absolute atomic E-state index is 5.75. The van der Waals surface area contributed by atoms with Crippen LogP contribution >= 0.6 is 11.6 Å². The van der Waals surface area contributed by atoms with Gasteiger partial charge in [-0.2, -0.15) is 0 Å². The molecule has 2 N–H and O–H groups in total. The SMILES string of the molecule is CC(CN)CN(C)c1ccc(Cl)cn1. The fraction of sp³-hybridized carbons (Fsp3) is 0.500. The minimum Gasteiger partial charge on any atom is -0.359 e. The zero-order valence-electron chi connectivity index (χ0n) is 8.57. The third-order valence-electron chi connectivity index (χ3n) is 2.09. The molecule has 0 aliphatic heterocycles. The highest BCUT2D eigenvalue weighted by Crippen LogP contribution is 2.13. The normalized spacial score (nSPS) is 12.6. The molecule has 1 rings (SSSR count). The van der Waals surface area contributed by atoms with E-state index in [1.54, 1.807) is 6.20 Å². The summed E-state index contributed by atoms with van der Waals surface area (Å²) in [5, 5.41) is 0.661. The Balaban J connectivity index is 2.60. The van der Waals surface area contributed by atoms with Crippen LogP contribution < -0.4 is 10.6 Å². The van der Waals surface area contributed by atoms with Gasteiger partial charge in [-0.25, -0.2) is 4.98 Å². The number of nitrogens with two attached hydrogens (primary N) is 1. The Morgan fingerprint density at radius 2 is 2.29 bits per heavy atom. The standard InChI is InChI=1S/C10H16ClN3/c1-8(5-12)7-14(2)10-4-3-9(11)6-13-10/h3-4,6,8H,5,7,12H2,1-2H3. The Morgan fingerprint density at radius 1 is 1.57 bits per heavy atom. The molecule has 1 unspecified atom stereocenters. The van der Waals surface area contributed by atoms with E-state index in [4.69, 9.17) is 17.3 Å². The summed E-state index contributed by atoms with van der Waals surface area (Å²) in [4.78, 5) is 6.30. The van der Waals surface area contributed by atoms with Crippen LogP contribution in [0.3, 0.4) is 0 Å². The molecule has 0 saturated carbocycles. The van der Waals surface area contributed by atoms with E-state index >= 15 is 0 Å². The van der Waals surface area contributed by atoms with Crippen LogP contribution in [0.1, 0.15) is 6.92 Å². The van der Waals surface area contributed by atoms with E-state index in [1.807, 2.05) is 19.2 Å². The number of hydrogen-bond acceptors (Lipinski definition) is 3. The van der Waals surface area contributed by atoms with Gasteiger partial charge in [0, 0.05) is 19.8 Å². The molecule has 1 aromatic rings. The summed E-state index contributed by atoms with van der Waals surface area (Å²) >= 11 is 5.75. The quantitative estimate of drug-likeness (QED) is 0.829. The predicted octanol–water partition coefficient (Wildman–Crippen LogP) is 1.77. The molecule has 0 spiro atoms. The first-order valence-corrected chi connectivity index (χ1v) is 5.04. The van der Waals surface area contributed by atoms with Crippen LogP contribution in [0, 0.1) is 5.92 Å². The molecule has 3 nitrogen and oxygen atoms in total. The molecular formula is C10H16ClN3. The molecule has 0 saturated heterocycles. The highest BCUT2D eigenvalue weighted by molar-refractivity contribution is 6.30. The monoisotopic (exact) mass is 213 g/mol. The van der Waals surface area contributed by atoms with Crippen LogP contribution in [-0.2, 0) is 0 Å². The second-order valence-electron chi connectivity index (χ2n) is 3.56. The molecule has 0 fully saturated rings. The largest absolute Gasteiger partial charge is 0.359 e. The van der Waals surface area contributed by atoms with E-state index in [1.165, 1.54) is 0 Å². The second-order valence-corrected chi connectivity index (χ2v) is 3.99. The maximum atomic E-state index is 5.75. The summed E-state index contributed by atoms with van der Waals surface area (Å²) in [6, 6.07) is 3.75. The molecule has 0 amide bonds. The molecule has 0 aliphatic rings. The van der Waals surface area contributed by atoms with Gasteiger partial charge in [-0.1, -0.05) is 18.5 Å². The number of pyridine rings is 1. The van der Waals surface area contributed by atoms with Gasteiger partial charge in [0.2, 0.25) is 0 Å². The van der Waals surface area contributed by atoms with Gasteiger partial charge in [-0.3, -0.25) is 0 Å². The molecule has 1 atom stereocenters. The third kappa shape index (κ3) is 3.16. The fourth-order valence-electron chi connectivity index (χ4n) is 1.23. The van der Waals surface area contributed by atoms with Gasteiger partial charge in [0.05, 0.1) is 5.02 Å². The van der Waals surface area contributed by atoms with Crippen molar-refractivity contribution >= 4 is 17.4 Å². The van der Waals surface area contributed by atoms with Gasteiger partial charge in [-0.05, 0) is 24.6 Å². The van der Waals surface area contributed by atoms with Gasteiger partial charge in [0.15, 0.2) is 0 Å². The van der Waals surface area contributed by atoms with Gasteiger partial charge < -0.3 is 10.6 Å². The van der Waals surface area contributed by atoms with Gasteiger partial charge in [0.1, 0.15) is 5.82 Å². The van der Waals surface area contributed by atoms with Crippen molar-refractivity contribution in [1.29, 1.82) is 0 Å². The van der Waals surface area contributed by atoms with E-state index in [9.17, 15) is 0 Å². The van der Waals surface area contributed by atoms with Crippen molar-refractivity contribution in [3.8, 4) is 0 Å². The van der Waals surface area contributed by atoms with Crippen LogP contribution in [0.5, 0.6) is 0 Å². The highest BCUT2D eigenvalue weighted by atomic mass is 35.5. The van der Waals surface area contributed by atoms with Crippen molar-refractivity contribution < 1.29 is 0 Å². The first-order chi connectivity index (χ1) is 6.63. The van der Waals surface area contributed by atoms with E-state index in [-0.39, 0.29) is 0 Å².